The molecule has 1 fully saturated rings. The molecule has 1 aliphatic carbocycles. The molecule has 1 saturated carbocycles. The minimum absolute atomic E-state index is 0.118. The molecule has 0 radical (unpaired) electrons. The number of nitrogens with one attached hydrogen (secondary N) is 1. The van der Waals surface area contributed by atoms with Crippen LogP contribution in [0.1, 0.15) is 0 Å². The summed E-state index contributed by atoms with van der Waals surface area (Å²) < 4.78 is 4.67. The van der Waals surface area contributed by atoms with Crippen LogP contribution in [-0.4, -0.2) is 72.9 Å². The average molecular weight is 315 g/mol. The zero-order valence-corrected chi connectivity index (χ0v) is 11.3. The summed E-state index contributed by atoms with van der Waals surface area (Å²) in [5.41, 5.74) is -0.118. The number of hydrogen-bond acceptors (Lipinski definition) is 9. The first-order valence-corrected chi connectivity index (χ1v) is 6.45. The van der Waals surface area contributed by atoms with E-state index in [1.807, 2.05) is 0 Å². The van der Waals surface area contributed by atoms with Crippen LogP contribution in [0, 0.1) is 0 Å². The Morgan fingerprint density at radius 1 is 1.00 bits per heavy atom. The van der Waals surface area contributed by atoms with Crippen molar-refractivity contribution in [3.05, 3.63) is 36.2 Å². The van der Waals surface area contributed by atoms with Crippen LogP contribution in [0.15, 0.2) is 36.2 Å². The first-order chi connectivity index (χ1) is 10.3. The van der Waals surface area contributed by atoms with Gasteiger partial charge in [0.1, 0.15) is 24.0 Å². The van der Waals surface area contributed by atoms with Crippen LogP contribution in [0.3, 0.4) is 0 Å². The zero-order valence-electron chi connectivity index (χ0n) is 11.3. The summed E-state index contributed by atoms with van der Waals surface area (Å²) in [5, 5.41) is 60.8. The molecular formula is C13H17NO8. The summed E-state index contributed by atoms with van der Waals surface area (Å²) in [6.07, 6.45) is -2.99. The van der Waals surface area contributed by atoms with E-state index in [1.54, 1.807) is 12.2 Å². The molecule has 22 heavy (non-hydrogen) atoms. The fourth-order valence-electron chi connectivity index (χ4n) is 2.15. The Kier molecular flexibility index (Phi) is 4.66. The number of rotatable bonds is 2. The maximum absolute atomic E-state index is 12.0. The third-order valence-electron chi connectivity index (χ3n) is 3.49. The van der Waals surface area contributed by atoms with E-state index in [0.717, 1.165) is 0 Å². The second kappa shape index (κ2) is 6.16. The number of aliphatic hydroxyl groups is 6. The van der Waals surface area contributed by atoms with Gasteiger partial charge in [-0.05, 0) is 12.2 Å². The standard InChI is InChI=1S/C13H17NO8/c15-7-8(16)10(18)13(21,11(19)9(7)17)22-12(20)6-4-2-1-3-5-14-6/h1-5,7-11,14-19,21H/t7-,8-,9+,10-,11-,13-/m1/s1. The summed E-state index contributed by atoms with van der Waals surface area (Å²) in [6.45, 7) is 0. The van der Waals surface area contributed by atoms with Crippen LogP contribution in [0.4, 0.5) is 0 Å². The van der Waals surface area contributed by atoms with Crippen molar-refractivity contribution in [3.8, 4) is 0 Å². The topological polar surface area (TPSA) is 160 Å². The number of carbonyl (C=O) groups excluding carboxylic acids is 1. The molecule has 0 amide bonds. The van der Waals surface area contributed by atoms with Crippen LogP contribution in [0.25, 0.3) is 0 Å². The SMILES string of the molecule is O=C(O[C@]1(O)[C@H](O)[C@H](O)[C@@H](O)[C@H](O)[C@H]1O)C1=CC=CC=CN1. The van der Waals surface area contributed by atoms with Crippen LogP contribution in [0.2, 0.25) is 0 Å². The van der Waals surface area contributed by atoms with Gasteiger partial charge in [0, 0.05) is 6.20 Å². The molecule has 2 rings (SSSR count). The van der Waals surface area contributed by atoms with Gasteiger partial charge in [-0.3, -0.25) is 0 Å². The van der Waals surface area contributed by atoms with Crippen molar-refractivity contribution in [2.45, 2.75) is 36.3 Å². The highest BCUT2D eigenvalue weighted by atomic mass is 16.7. The van der Waals surface area contributed by atoms with Gasteiger partial charge in [-0.15, -0.1) is 0 Å². The van der Waals surface area contributed by atoms with Gasteiger partial charge in [-0.25, -0.2) is 4.79 Å². The lowest BCUT2D eigenvalue weighted by Crippen LogP contribution is -2.72. The van der Waals surface area contributed by atoms with E-state index in [0.29, 0.717) is 0 Å². The summed E-state index contributed by atoms with van der Waals surface area (Å²) in [4.78, 5) is 12.0. The number of ether oxygens (including phenoxy) is 1. The highest BCUT2D eigenvalue weighted by molar-refractivity contribution is 5.88. The molecule has 122 valence electrons. The number of hydrogen-bond donors (Lipinski definition) is 7. The Balaban J connectivity index is 2.22. The van der Waals surface area contributed by atoms with Gasteiger partial charge in [0.15, 0.2) is 12.2 Å². The molecule has 0 spiro atoms. The Labute approximate surface area is 125 Å². The van der Waals surface area contributed by atoms with Gasteiger partial charge < -0.3 is 40.7 Å². The maximum Gasteiger partial charge on any atom is 0.357 e. The molecule has 6 atom stereocenters. The van der Waals surface area contributed by atoms with Gasteiger partial charge in [0.05, 0.1) is 0 Å². The Bertz CT molecular complexity index is 512. The van der Waals surface area contributed by atoms with Crippen LogP contribution in [-0.2, 0) is 9.53 Å². The monoisotopic (exact) mass is 315 g/mol. The Hall–Kier alpha value is -1.75. The molecule has 0 saturated heterocycles. The van der Waals surface area contributed by atoms with Crippen LogP contribution in [0.5, 0.6) is 0 Å². The van der Waals surface area contributed by atoms with Crippen LogP contribution < -0.4 is 5.32 Å². The Morgan fingerprint density at radius 2 is 1.59 bits per heavy atom. The number of aliphatic hydroxyl groups excluding tert-OH is 5. The maximum atomic E-state index is 12.0. The predicted octanol–water partition coefficient (Wildman–Crippen LogP) is -3.41. The van der Waals surface area contributed by atoms with E-state index in [9.17, 15) is 35.4 Å². The van der Waals surface area contributed by atoms with Crippen molar-refractivity contribution in [1.82, 2.24) is 5.32 Å². The molecule has 0 aromatic heterocycles. The average Bonchev–Trinajstić information content (AvgIpc) is 2.79. The molecule has 9 nitrogen and oxygen atoms in total. The second-order valence-electron chi connectivity index (χ2n) is 4.97. The molecule has 0 bridgehead atoms. The predicted molar refractivity (Wildman–Crippen MR) is 70.6 cm³/mol. The van der Waals surface area contributed by atoms with Gasteiger partial charge in [0.25, 0.3) is 5.79 Å². The lowest BCUT2D eigenvalue weighted by atomic mass is 9.82. The van der Waals surface area contributed by atoms with Crippen molar-refractivity contribution >= 4 is 5.97 Å². The van der Waals surface area contributed by atoms with E-state index in [2.05, 4.69) is 10.1 Å². The lowest BCUT2D eigenvalue weighted by Gasteiger charge is -2.46. The first kappa shape index (κ1) is 16.6. The third kappa shape index (κ3) is 2.77. The molecule has 2 aliphatic rings. The van der Waals surface area contributed by atoms with Crippen molar-refractivity contribution in [2.24, 2.45) is 0 Å². The summed E-state index contributed by atoms with van der Waals surface area (Å²) in [6, 6.07) is 0. The Morgan fingerprint density at radius 3 is 2.18 bits per heavy atom. The minimum Gasteiger partial charge on any atom is -0.423 e. The van der Waals surface area contributed by atoms with Crippen molar-refractivity contribution in [2.75, 3.05) is 0 Å². The molecule has 1 heterocycles. The largest absolute Gasteiger partial charge is 0.423 e. The zero-order chi connectivity index (χ0) is 16.5. The van der Waals surface area contributed by atoms with E-state index in [-0.39, 0.29) is 5.70 Å². The van der Waals surface area contributed by atoms with E-state index in [1.165, 1.54) is 18.4 Å². The molecular weight excluding hydrogens is 298 g/mol. The highest BCUT2D eigenvalue weighted by Gasteiger charge is 2.60. The number of allylic oxidation sites excluding steroid dienone is 4. The molecule has 0 aromatic rings. The van der Waals surface area contributed by atoms with E-state index >= 15 is 0 Å². The molecule has 7 N–H and O–H groups in total. The number of carbonyl (C=O) groups is 1. The molecule has 1 aliphatic heterocycles. The summed E-state index contributed by atoms with van der Waals surface area (Å²) >= 11 is 0. The van der Waals surface area contributed by atoms with Crippen molar-refractivity contribution in [1.29, 1.82) is 0 Å². The lowest BCUT2D eigenvalue weighted by molar-refractivity contribution is -0.346. The fourth-order valence-corrected chi connectivity index (χ4v) is 2.15. The molecule has 0 unspecified atom stereocenters. The smallest absolute Gasteiger partial charge is 0.357 e. The summed E-state index contributed by atoms with van der Waals surface area (Å²) in [7, 11) is 0. The van der Waals surface area contributed by atoms with Gasteiger partial charge in [0.2, 0.25) is 0 Å². The van der Waals surface area contributed by atoms with Gasteiger partial charge >= 0.3 is 5.97 Å². The number of esters is 1. The summed E-state index contributed by atoms with van der Waals surface area (Å²) in [5.74, 6) is -4.13. The third-order valence-corrected chi connectivity index (χ3v) is 3.49. The van der Waals surface area contributed by atoms with Crippen LogP contribution >= 0.6 is 0 Å². The van der Waals surface area contributed by atoms with Gasteiger partial charge in [-0.1, -0.05) is 12.2 Å². The minimum atomic E-state index is -2.99. The molecule has 0 aromatic carbocycles. The van der Waals surface area contributed by atoms with Crippen molar-refractivity contribution < 1.29 is 40.2 Å². The molecule has 9 heteroatoms. The first-order valence-electron chi connectivity index (χ1n) is 6.45. The van der Waals surface area contributed by atoms with E-state index in [4.69, 9.17) is 0 Å². The quantitative estimate of drug-likeness (QED) is 0.203. The van der Waals surface area contributed by atoms with E-state index < -0.39 is 42.3 Å². The normalized spacial score (nSPS) is 41.4. The fraction of sp³-hybridized carbons (Fsp3) is 0.462. The van der Waals surface area contributed by atoms with Crippen molar-refractivity contribution in [3.63, 3.8) is 0 Å². The highest BCUT2D eigenvalue weighted by Crippen LogP contribution is 2.32. The second-order valence-corrected chi connectivity index (χ2v) is 4.97. The van der Waals surface area contributed by atoms with Gasteiger partial charge in [-0.2, -0.15) is 0 Å².